The second-order valence-electron chi connectivity index (χ2n) is 3.36. The number of benzene rings is 1. The van der Waals surface area contributed by atoms with E-state index >= 15 is 0 Å². The molecular formula is C13H11FO3S. The Morgan fingerprint density at radius 1 is 1.44 bits per heavy atom. The summed E-state index contributed by atoms with van der Waals surface area (Å²) in [6.07, 6.45) is 0.400. The summed E-state index contributed by atoms with van der Waals surface area (Å²) in [5.41, 5.74) is -0.264. The van der Waals surface area contributed by atoms with E-state index < -0.39 is 11.8 Å². The average Bonchev–Trinajstić information content (AvgIpc) is 2.29. The van der Waals surface area contributed by atoms with Crippen molar-refractivity contribution < 1.29 is 19.1 Å². The quantitative estimate of drug-likeness (QED) is 0.674. The summed E-state index contributed by atoms with van der Waals surface area (Å²) in [5, 5.41) is 8.88. The molecule has 0 aliphatic carbocycles. The van der Waals surface area contributed by atoms with Crippen LogP contribution in [-0.4, -0.2) is 21.9 Å². The van der Waals surface area contributed by atoms with Crippen molar-refractivity contribution in [3.05, 3.63) is 35.1 Å². The van der Waals surface area contributed by atoms with Crippen LogP contribution < -0.4 is 0 Å². The van der Waals surface area contributed by atoms with Gasteiger partial charge in [-0.2, -0.15) is 0 Å². The molecule has 5 heteroatoms. The van der Waals surface area contributed by atoms with Gasteiger partial charge in [0.15, 0.2) is 5.12 Å². The molecule has 0 heterocycles. The van der Waals surface area contributed by atoms with Crippen LogP contribution in [0.5, 0.6) is 0 Å². The highest BCUT2D eigenvalue weighted by atomic mass is 32.2. The van der Waals surface area contributed by atoms with Crippen molar-refractivity contribution in [2.75, 3.05) is 5.75 Å². The third-order valence-corrected chi connectivity index (χ3v) is 2.80. The van der Waals surface area contributed by atoms with Gasteiger partial charge in [-0.1, -0.05) is 29.7 Å². The summed E-state index contributed by atoms with van der Waals surface area (Å²) in [7, 11) is 0. The maximum Gasteiger partial charge on any atom is 0.337 e. The first-order valence-corrected chi connectivity index (χ1v) is 6.15. The van der Waals surface area contributed by atoms with Gasteiger partial charge in [-0.15, -0.1) is 0 Å². The van der Waals surface area contributed by atoms with Gasteiger partial charge in [0.1, 0.15) is 5.82 Å². The van der Waals surface area contributed by atoms with Gasteiger partial charge in [0.05, 0.1) is 11.1 Å². The highest BCUT2D eigenvalue weighted by Gasteiger charge is 2.11. The first-order chi connectivity index (χ1) is 8.52. The fraction of sp³-hybridized carbons (Fsp3) is 0.231. The summed E-state index contributed by atoms with van der Waals surface area (Å²) in [4.78, 5) is 21.5. The zero-order chi connectivity index (χ0) is 13.5. The summed E-state index contributed by atoms with van der Waals surface area (Å²) >= 11 is 1.13. The Balaban J connectivity index is 2.81. The van der Waals surface area contributed by atoms with Crippen LogP contribution in [0, 0.1) is 17.7 Å². The molecule has 0 bridgehead atoms. The number of hydrogen-bond acceptors (Lipinski definition) is 3. The highest BCUT2D eigenvalue weighted by Crippen LogP contribution is 2.12. The Labute approximate surface area is 108 Å². The van der Waals surface area contributed by atoms with Crippen LogP contribution in [0.15, 0.2) is 18.2 Å². The number of rotatable bonds is 3. The van der Waals surface area contributed by atoms with E-state index in [0.717, 1.165) is 11.8 Å². The number of thioether (sulfide) groups is 1. The third kappa shape index (κ3) is 4.22. The number of carbonyl (C=O) groups is 2. The second-order valence-corrected chi connectivity index (χ2v) is 4.63. The fourth-order valence-electron chi connectivity index (χ4n) is 1.23. The first-order valence-electron chi connectivity index (χ1n) is 5.16. The second kappa shape index (κ2) is 6.82. The van der Waals surface area contributed by atoms with E-state index in [1.807, 2.05) is 0 Å². The first kappa shape index (κ1) is 14.3. The molecule has 0 aliphatic heterocycles. The summed E-state index contributed by atoms with van der Waals surface area (Å²) in [6.45, 7) is 1.46. The van der Waals surface area contributed by atoms with E-state index in [2.05, 4.69) is 11.8 Å². The molecule has 0 saturated heterocycles. The standard InChI is InChI=1S/C13H11FO3S/c1-9(15)18-8-3-2-5-10-11(13(16)17)6-4-7-12(10)14/h4,6-7H,3,8H2,1H3,(H,16,17). The Morgan fingerprint density at radius 3 is 2.78 bits per heavy atom. The molecule has 1 aromatic carbocycles. The lowest BCUT2D eigenvalue weighted by Crippen LogP contribution is -2.02. The smallest absolute Gasteiger partial charge is 0.337 e. The number of carboxylic acid groups (broad SMARTS) is 1. The topological polar surface area (TPSA) is 54.4 Å². The van der Waals surface area contributed by atoms with E-state index in [4.69, 9.17) is 5.11 Å². The lowest BCUT2D eigenvalue weighted by molar-refractivity contribution is -0.109. The lowest BCUT2D eigenvalue weighted by Gasteiger charge is -1.99. The van der Waals surface area contributed by atoms with Crippen LogP contribution in [0.25, 0.3) is 0 Å². The highest BCUT2D eigenvalue weighted by molar-refractivity contribution is 8.13. The van der Waals surface area contributed by atoms with Gasteiger partial charge in [-0.25, -0.2) is 9.18 Å². The van der Waals surface area contributed by atoms with Crippen molar-refractivity contribution in [2.45, 2.75) is 13.3 Å². The van der Waals surface area contributed by atoms with E-state index in [9.17, 15) is 14.0 Å². The molecule has 0 saturated carbocycles. The molecule has 0 unspecified atom stereocenters. The molecule has 0 fully saturated rings. The number of carboxylic acids is 1. The van der Waals surface area contributed by atoms with Crippen LogP contribution in [0.4, 0.5) is 4.39 Å². The summed E-state index contributed by atoms with van der Waals surface area (Å²) < 4.78 is 13.4. The van der Waals surface area contributed by atoms with Crippen molar-refractivity contribution >= 4 is 22.8 Å². The molecule has 0 spiro atoms. The van der Waals surface area contributed by atoms with Crippen LogP contribution in [-0.2, 0) is 4.79 Å². The van der Waals surface area contributed by atoms with E-state index in [1.54, 1.807) is 0 Å². The van der Waals surface area contributed by atoms with E-state index in [-0.39, 0.29) is 16.2 Å². The predicted octanol–water partition coefficient (Wildman–Crippen LogP) is 2.55. The van der Waals surface area contributed by atoms with Gasteiger partial charge >= 0.3 is 5.97 Å². The Kier molecular flexibility index (Phi) is 5.40. The van der Waals surface area contributed by atoms with Crippen LogP contribution in [0.3, 0.4) is 0 Å². The zero-order valence-corrected chi connectivity index (χ0v) is 10.5. The van der Waals surface area contributed by atoms with Crippen molar-refractivity contribution in [3.8, 4) is 11.8 Å². The molecule has 0 aliphatic rings. The minimum absolute atomic E-state index is 0.00563. The lowest BCUT2D eigenvalue weighted by atomic mass is 10.1. The molecule has 94 valence electrons. The number of halogens is 1. The molecule has 1 rings (SSSR count). The molecule has 18 heavy (non-hydrogen) atoms. The van der Waals surface area contributed by atoms with Gasteiger partial charge in [0.25, 0.3) is 0 Å². The fourth-order valence-corrected chi connectivity index (χ4v) is 1.72. The van der Waals surface area contributed by atoms with Crippen molar-refractivity contribution in [2.24, 2.45) is 0 Å². The Bertz CT molecular complexity index is 529. The van der Waals surface area contributed by atoms with E-state index in [0.29, 0.717) is 12.2 Å². The molecule has 1 N–H and O–H groups in total. The number of hydrogen-bond donors (Lipinski definition) is 1. The normalized spacial score (nSPS) is 9.44. The molecule has 3 nitrogen and oxygen atoms in total. The molecule has 0 atom stereocenters. The van der Waals surface area contributed by atoms with Gasteiger partial charge < -0.3 is 5.11 Å². The maximum atomic E-state index is 13.4. The van der Waals surface area contributed by atoms with Crippen molar-refractivity contribution in [3.63, 3.8) is 0 Å². The van der Waals surface area contributed by atoms with Crippen LogP contribution in [0.1, 0.15) is 29.3 Å². The van der Waals surface area contributed by atoms with Gasteiger partial charge in [0, 0.05) is 19.1 Å². The minimum atomic E-state index is -1.21. The molecule has 0 aromatic heterocycles. The molecule has 0 amide bonds. The zero-order valence-electron chi connectivity index (χ0n) is 9.70. The van der Waals surface area contributed by atoms with Crippen molar-refractivity contribution in [1.29, 1.82) is 0 Å². The van der Waals surface area contributed by atoms with Gasteiger partial charge in [-0.3, -0.25) is 4.79 Å². The van der Waals surface area contributed by atoms with Crippen LogP contribution >= 0.6 is 11.8 Å². The molecule has 1 aromatic rings. The number of aromatic carboxylic acids is 1. The monoisotopic (exact) mass is 266 g/mol. The largest absolute Gasteiger partial charge is 0.478 e. The minimum Gasteiger partial charge on any atom is -0.478 e. The maximum absolute atomic E-state index is 13.4. The predicted molar refractivity (Wildman–Crippen MR) is 68.0 cm³/mol. The summed E-state index contributed by atoms with van der Waals surface area (Å²) in [5.74, 6) is 3.82. The molecule has 0 radical (unpaired) electrons. The SMILES string of the molecule is CC(=O)SCCC#Cc1c(F)cccc1C(=O)O. The van der Waals surface area contributed by atoms with Gasteiger partial charge in [0.2, 0.25) is 0 Å². The van der Waals surface area contributed by atoms with E-state index in [1.165, 1.54) is 25.1 Å². The Morgan fingerprint density at radius 2 is 2.17 bits per heavy atom. The van der Waals surface area contributed by atoms with Gasteiger partial charge in [-0.05, 0) is 12.1 Å². The van der Waals surface area contributed by atoms with Crippen molar-refractivity contribution in [1.82, 2.24) is 0 Å². The summed E-state index contributed by atoms with van der Waals surface area (Å²) in [6, 6.07) is 3.80. The van der Waals surface area contributed by atoms with Crippen LogP contribution in [0.2, 0.25) is 0 Å². The molecular weight excluding hydrogens is 255 g/mol. The third-order valence-electron chi connectivity index (χ3n) is 1.99. The Hall–Kier alpha value is -1.80. The number of carbonyl (C=O) groups excluding carboxylic acids is 1. The average molecular weight is 266 g/mol.